The highest BCUT2D eigenvalue weighted by molar-refractivity contribution is 9.10. The largest absolute Gasteiger partial charge is 0.494 e. The third-order valence-corrected chi connectivity index (χ3v) is 4.97. The molecule has 1 heterocycles. The van der Waals surface area contributed by atoms with Crippen LogP contribution in [-0.2, 0) is 0 Å². The minimum Gasteiger partial charge on any atom is -0.494 e. The first kappa shape index (κ1) is 20.9. The molecule has 7 heteroatoms. The molecule has 0 saturated heterocycles. The zero-order valence-corrected chi connectivity index (χ0v) is 18.7. The smallest absolute Gasteiger partial charge is 0.255 e. The molecule has 0 radical (unpaired) electrons. The summed E-state index contributed by atoms with van der Waals surface area (Å²) in [5.41, 5.74) is 3.24. The summed E-state index contributed by atoms with van der Waals surface area (Å²) in [7, 11) is 0. The minimum absolute atomic E-state index is 0.266. The van der Waals surface area contributed by atoms with Gasteiger partial charge in [0.05, 0.1) is 13.2 Å². The number of nitrogens with one attached hydrogen (secondary N) is 1. The number of anilines is 1. The molecular weight excluding hydrogens is 460 g/mol. The molecule has 0 aliphatic rings. The number of hydrogen-bond donors (Lipinski definition) is 1. The fourth-order valence-corrected chi connectivity index (χ4v) is 3.56. The van der Waals surface area contributed by atoms with Crippen LogP contribution in [0, 0.1) is 0 Å². The van der Waals surface area contributed by atoms with Crippen molar-refractivity contribution in [3.05, 3.63) is 70.7 Å². The van der Waals surface area contributed by atoms with Crippen LogP contribution in [-0.4, -0.2) is 24.1 Å². The van der Waals surface area contributed by atoms with Crippen molar-refractivity contribution in [3.8, 4) is 23.0 Å². The van der Waals surface area contributed by atoms with Crippen LogP contribution in [0.15, 0.2) is 69.6 Å². The van der Waals surface area contributed by atoms with Crippen molar-refractivity contribution in [3.63, 3.8) is 0 Å². The fraction of sp³-hybridized carbons (Fsp3) is 0.167. The Bertz CT molecular complexity index is 1210. The molecule has 0 unspecified atom stereocenters. The van der Waals surface area contributed by atoms with E-state index < -0.39 is 0 Å². The molecule has 6 nitrogen and oxygen atoms in total. The summed E-state index contributed by atoms with van der Waals surface area (Å²) in [5, 5.41) is 2.91. The van der Waals surface area contributed by atoms with E-state index in [4.69, 9.17) is 13.9 Å². The van der Waals surface area contributed by atoms with Gasteiger partial charge in [-0.05, 0) is 62.4 Å². The molecule has 4 aromatic rings. The lowest BCUT2D eigenvalue weighted by atomic mass is 10.1. The van der Waals surface area contributed by atoms with Crippen LogP contribution in [0.2, 0.25) is 0 Å². The number of aromatic nitrogens is 1. The summed E-state index contributed by atoms with van der Waals surface area (Å²) in [6, 6.07) is 18.3. The average molecular weight is 481 g/mol. The molecular formula is C24H21BrN2O4. The Balaban J connectivity index is 1.59. The molecule has 0 fully saturated rings. The van der Waals surface area contributed by atoms with E-state index in [-0.39, 0.29) is 5.91 Å². The number of oxazole rings is 1. The van der Waals surface area contributed by atoms with E-state index in [1.54, 1.807) is 36.4 Å². The van der Waals surface area contributed by atoms with Gasteiger partial charge in [0.1, 0.15) is 17.0 Å². The molecule has 0 aliphatic carbocycles. The SMILES string of the molecule is CCOc1cc(OCC)cc(C(=O)Nc2ccc3oc(-c4cccc(Br)c4)nc3c2)c1. The molecule has 0 atom stereocenters. The van der Waals surface area contributed by atoms with E-state index >= 15 is 0 Å². The first-order chi connectivity index (χ1) is 15.1. The Kier molecular flexibility index (Phi) is 6.23. The van der Waals surface area contributed by atoms with Gasteiger partial charge in [0.2, 0.25) is 5.89 Å². The first-order valence-electron chi connectivity index (χ1n) is 9.94. The summed E-state index contributed by atoms with van der Waals surface area (Å²) in [6.45, 7) is 4.78. The second kappa shape index (κ2) is 9.22. The van der Waals surface area contributed by atoms with Gasteiger partial charge in [-0.2, -0.15) is 0 Å². The van der Waals surface area contributed by atoms with Crippen LogP contribution in [0.1, 0.15) is 24.2 Å². The number of ether oxygens (including phenoxy) is 2. The lowest BCUT2D eigenvalue weighted by Gasteiger charge is -2.11. The van der Waals surface area contributed by atoms with Crippen LogP contribution in [0.3, 0.4) is 0 Å². The zero-order valence-electron chi connectivity index (χ0n) is 17.1. The molecule has 0 aliphatic heterocycles. The molecule has 4 rings (SSSR count). The van der Waals surface area contributed by atoms with Crippen LogP contribution in [0.4, 0.5) is 5.69 Å². The first-order valence-corrected chi connectivity index (χ1v) is 10.7. The highest BCUT2D eigenvalue weighted by Crippen LogP contribution is 2.28. The fourth-order valence-electron chi connectivity index (χ4n) is 3.16. The number of nitrogens with zero attached hydrogens (tertiary/aromatic N) is 1. The van der Waals surface area contributed by atoms with Crippen LogP contribution < -0.4 is 14.8 Å². The number of halogens is 1. The maximum atomic E-state index is 12.9. The van der Waals surface area contributed by atoms with E-state index in [1.807, 2.05) is 38.1 Å². The lowest BCUT2D eigenvalue weighted by molar-refractivity contribution is 0.102. The van der Waals surface area contributed by atoms with E-state index in [2.05, 4.69) is 26.2 Å². The monoisotopic (exact) mass is 480 g/mol. The molecule has 1 amide bonds. The van der Waals surface area contributed by atoms with Gasteiger partial charge in [-0.1, -0.05) is 22.0 Å². The maximum Gasteiger partial charge on any atom is 0.255 e. The van der Waals surface area contributed by atoms with Crippen molar-refractivity contribution in [1.29, 1.82) is 0 Å². The van der Waals surface area contributed by atoms with Crippen molar-refractivity contribution >= 4 is 38.6 Å². The molecule has 0 bridgehead atoms. The second-order valence-electron chi connectivity index (χ2n) is 6.73. The van der Waals surface area contributed by atoms with Crippen molar-refractivity contribution in [2.24, 2.45) is 0 Å². The Morgan fingerprint density at radius 3 is 2.42 bits per heavy atom. The Hall–Kier alpha value is -3.32. The van der Waals surface area contributed by atoms with Gasteiger partial charge in [-0.15, -0.1) is 0 Å². The molecule has 0 spiro atoms. The quantitative estimate of drug-likeness (QED) is 0.335. The highest BCUT2D eigenvalue weighted by Gasteiger charge is 2.13. The number of benzene rings is 3. The molecule has 1 N–H and O–H groups in total. The van der Waals surface area contributed by atoms with Gasteiger partial charge < -0.3 is 19.2 Å². The molecule has 158 valence electrons. The number of rotatable bonds is 7. The van der Waals surface area contributed by atoms with E-state index in [9.17, 15) is 4.79 Å². The van der Waals surface area contributed by atoms with Crippen molar-refractivity contribution < 1.29 is 18.7 Å². The van der Waals surface area contributed by atoms with Gasteiger partial charge in [0.15, 0.2) is 5.58 Å². The number of amides is 1. The van der Waals surface area contributed by atoms with Gasteiger partial charge in [-0.3, -0.25) is 4.79 Å². The van der Waals surface area contributed by atoms with Crippen molar-refractivity contribution in [2.45, 2.75) is 13.8 Å². The summed E-state index contributed by atoms with van der Waals surface area (Å²) in [5.74, 6) is 1.43. The van der Waals surface area contributed by atoms with Gasteiger partial charge in [0.25, 0.3) is 5.91 Å². The number of hydrogen-bond acceptors (Lipinski definition) is 5. The van der Waals surface area contributed by atoms with Gasteiger partial charge in [-0.25, -0.2) is 4.98 Å². The topological polar surface area (TPSA) is 73.6 Å². The van der Waals surface area contributed by atoms with Crippen LogP contribution >= 0.6 is 15.9 Å². The number of fused-ring (bicyclic) bond motifs is 1. The highest BCUT2D eigenvalue weighted by atomic mass is 79.9. The van der Waals surface area contributed by atoms with E-state index in [1.165, 1.54) is 0 Å². The van der Waals surface area contributed by atoms with E-state index in [0.29, 0.717) is 53.0 Å². The normalized spacial score (nSPS) is 10.8. The third kappa shape index (κ3) is 4.88. The number of carbonyl (C=O) groups is 1. The predicted molar refractivity (Wildman–Crippen MR) is 124 cm³/mol. The summed E-state index contributed by atoms with van der Waals surface area (Å²) in [4.78, 5) is 17.4. The molecule has 3 aromatic carbocycles. The molecule has 1 aromatic heterocycles. The lowest BCUT2D eigenvalue weighted by Crippen LogP contribution is -2.12. The van der Waals surface area contributed by atoms with Gasteiger partial charge in [0, 0.05) is 27.4 Å². The summed E-state index contributed by atoms with van der Waals surface area (Å²) in [6.07, 6.45) is 0. The van der Waals surface area contributed by atoms with Gasteiger partial charge >= 0.3 is 0 Å². The zero-order chi connectivity index (χ0) is 21.8. The van der Waals surface area contributed by atoms with Crippen LogP contribution in [0.25, 0.3) is 22.6 Å². The number of carbonyl (C=O) groups excluding carboxylic acids is 1. The Morgan fingerprint density at radius 2 is 1.74 bits per heavy atom. The van der Waals surface area contributed by atoms with Crippen LogP contribution in [0.5, 0.6) is 11.5 Å². The summed E-state index contributed by atoms with van der Waals surface area (Å²) >= 11 is 3.46. The predicted octanol–water partition coefficient (Wildman–Crippen LogP) is 6.31. The molecule has 31 heavy (non-hydrogen) atoms. The van der Waals surface area contributed by atoms with E-state index in [0.717, 1.165) is 10.0 Å². The third-order valence-electron chi connectivity index (χ3n) is 4.48. The van der Waals surface area contributed by atoms with Crippen molar-refractivity contribution in [2.75, 3.05) is 18.5 Å². The Labute approximate surface area is 188 Å². The summed E-state index contributed by atoms with van der Waals surface area (Å²) < 4.78 is 17.9. The second-order valence-corrected chi connectivity index (χ2v) is 7.64. The minimum atomic E-state index is -0.266. The average Bonchev–Trinajstić information content (AvgIpc) is 3.17. The molecule has 0 saturated carbocycles. The standard InChI is InChI=1S/C24H21BrN2O4/c1-3-29-19-11-16(12-20(14-19)30-4-2)23(28)26-18-8-9-22-21(13-18)27-24(31-22)15-6-5-7-17(25)10-15/h5-14H,3-4H2,1-2H3,(H,26,28). The Morgan fingerprint density at radius 1 is 1.00 bits per heavy atom. The maximum absolute atomic E-state index is 12.9. The van der Waals surface area contributed by atoms with Crippen molar-refractivity contribution in [1.82, 2.24) is 4.98 Å².